The maximum Gasteiger partial charge on any atom is 0.252 e. The van der Waals surface area contributed by atoms with Crippen LogP contribution in [0.5, 0.6) is 0 Å². The minimum absolute atomic E-state index is 0.214. The van der Waals surface area contributed by atoms with E-state index >= 15 is 0 Å². The number of nitrogens with zero attached hydrogens (tertiary/aromatic N) is 2. The van der Waals surface area contributed by atoms with Crippen molar-refractivity contribution >= 4 is 17.6 Å². The van der Waals surface area contributed by atoms with E-state index in [-0.39, 0.29) is 23.8 Å². The Morgan fingerprint density at radius 2 is 2.07 bits per heavy atom. The zero-order valence-corrected chi connectivity index (χ0v) is 15.4. The number of aryl methyl sites for hydroxylation is 1. The Hall–Kier alpha value is -2.90. The Morgan fingerprint density at radius 1 is 1.30 bits per heavy atom. The number of anilines is 1. The number of carbonyl (C=O) groups excluding carboxylic acids is 2. The molecule has 2 aromatic heterocycles. The number of pyridine rings is 1. The van der Waals surface area contributed by atoms with E-state index in [0.29, 0.717) is 23.8 Å². The van der Waals surface area contributed by atoms with Gasteiger partial charge in [-0.05, 0) is 25.3 Å². The Kier molecular flexibility index (Phi) is 6.05. The second-order valence-corrected chi connectivity index (χ2v) is 6.95. The molecule has 0 aliphatic heterocycles. The molecule has 0 spiro atoms. The fraction of sp³-hybridized carbons (Fsp3) is 0.474. The molecular formula is C19H24N4O4. The highest BCUT2D eigenvalue weighted by molar-refractivity contribution is 5.94. The summed E-state index contributed by atoms with van der Waals surface area (Å²) < 4.78 is 6.08. The summed E-state index contributed by atoms with van der Waals surface area (Å²) in [7, 11) is 0. The van der Waals surface area contributed by atoms with Crippen LogP contribution in [-0.4, -0.2) is 28.1 Å². The molecule has 1 saturated carbocycles. The molecule has 2 amide bonds. The van der Waals surface area contributed by atoms with Gasteiger partial charge in [0.1, 0.15) is 12.3 Å². The highest BCUT2D eigenvalue weighted by atomic mass is 16.5. The number of hydrogen-bond donors (Lipinski definition) is 2. The van der Waals surface area contributed by atoms with Gasteiger partial charge in [-0.15, -0.1) is 0 Å². The third-order valence-corrected chi connectivity index (χ3v) is 4.77. The van der Waals surface area contributed by atoms with Crippen molar-refractivity contribution in [3.8, 4) is 0 Å². The SMILES string of the molecule is Cc1cc(NC(=O)Cn2cc(C(=O)NCCC3CCCC3)ccc2=O)no1. The van der Waals surface area contributed by atoms with Gasteiger partial charge in [-0.1, -0.05) is 30.8 Å². The summed E-state index contributed by atoms with van der Waals surface area (Å²) in [5, 5.41) is 9.11. The van der Waals surface area contributed by atoms with Gasteiger partial charge in [0, 0.05) is 24.9 Å². The molecule has 144 valence electrons. The number of nitrogens with one attached hydrogen (secondary N) is 2. The fourth-order valence-corrected chi connectivity index (χ4v) is 3.34. The van der Waals surface area contributed by atoms with Crippen LogP contribution in [-0.2, 0) is 11.3 Å². The maximum absolute atomic E-state index is 12.3. The van der Waals surface area contributed by atoms with Gasteiger partial charge in [0.25, 0.3) is 11.5 Å². The standard InChI is InChI=1S/C19H24N4O4/c1-13-10-16(22-27-13)21-17(24)12-23-11-15(6-7-18(23)25)19(26)20-9-8-14-4-2-3-5-14/h6-7,10-11,14H,2-5,8-9,12H2,1H3,(H,20,26)(H,21,22,24). The molecule has 3 rings (SSSR count). The Morgan fingerprint density at radius 3 is 2.78 bits per heavy atom. The maximum atomic E-state index is 12.3. The minimum atomic E-state index is -0.427. The zero-order valence-electron chi connectivity index (χ0n) is 15.4. The molecule has 0 saturated heterocycles. The van der Waals surface area contributed by atoms with E-state index in [2.05, 4.69) is 15.8 Å². The van der Waals surface area contributed by atoms with E-state index in [1.54, 1.807) is 13.0 Å². The summed E-state index contributed by atoms with van der Waals surface area (Å²) >= 11 is 0. The summed E-state index contributed by atoms with van der Waals surface area (Å²) in [6.07, 6.45) is 7.41. The van der Waals surface area contributed by atoms with Crippen molar-refractivity contribution in [3.05, 3.63) is 46.1 Å². The number of aromatic nitrogens is 2. The highest BCUT2D eigenvalue weighted by Crippen LogP contribution is 2.26. The predicted octanol–water partition coefficient (Wildman–Crippen LogP) is 2.09. The lowest BCUT2D eigenvalue weighted by atomic mass is 10.0. The molecule has 1 fully saturated rings. The number of amides is 2. The Balaban J connectivity index is 1.56. The van der Waals surface area contributed by atoms with Crippen LogP contribution in [0.1, 0.15) is 48.2 Å². The predicted molar refractivity (Wildman–Crippen MR) is 99.5 cm³/mol. The van der Waals surface area contributed by atoms with Gasteiger partial charge >= 0.3 is 0 Å². The van der Waals surface area contributed by atoms with Crippen LogP contribution in [0.15, 0.2) is 33.7 Å². The summed E-state index contributed by atoms with van der Waals surface area (Å²) in [5.41, 5.74) is -0.00454. The van der Waals surface area contributed by atoms with E-state index in [4.69, 9.17) is 4.52 Å². The smallest absolute Gasteiger partial charge is 0.252 e. The van der Waals surface area contributed by atoms with Crippen LogP contribution in [0.2, 0.25) is 0 Å². The highest BCUT2D eigenvalue weighted by Gasteiger charge is 2.15. The minimum Gasteiger partial charge on any atom is -0.360 e. The molecule has 0 radical (unpaired) electrons. The second kappa shape index (κ2) is 8.66. The van der Waals surface area contributed by atoms with Crippen molar-refractivity contribution in [3.63, 3.8) is 0 Å². The monoisotopic (exact) mass is 372 g/mol. The number of carbonyl (C=O) groups is 2. The van der Waals surface area contributed by atoms with Crippen molar-refractivity contribution in [1.29, 1.82) is 0 Å². The van der Waals surface area contributed by atoms with Crippen molar-refractivity contribution < 1.29 is 14.1 Å². The van der Waals surface area contributed by atoms with Gasteiger partial charge in [-0.25, -0.2) is 0 Å². The van der Waals surface area contributed by atoms with Crippen LogP contribution in [0.25, 0.3) is 0 Å². The van der Waals surface area contributed by atoms with Crippen LogP contribution < -0.4 is 16.2 Å². The molecule has 0 atom stereocenters. The van der Waals surface area contributed by atoms with Gasteiger partial charge in [0.05, 0.1) is 5.56 Å². The van der Waals surface area contributed by atoms with Crippen molar-refractivity contribution in [2.75, 3.05) is 11.9 Å². The zero-order chi connectivity index (χ0) is 19.2. The van der Waals surface area contributed by atoms with E-state index in [9.17, 15) is 14.4 Å². The number of hydrogen-bond acceptors (Lipinski definition) is 5. The quantitative estimate of drug-likeness (QED) is 0.774. The van der Waals surface area contributed by atoms with E-state index in [1.165, 1.54) is 48.6 Å². The molecular weight excluding hydrogens is 348 g/mol. The van der Waals surface area contributed by atoms with Crippen LogP contribution in [0.3, 0.4) is 0 Å². The molecule has 0 bridgehead atoms. The number of rotatable bonds is 7. The topological polar surface area (TPSA) is 106 Å². The van der Waals surface area contributed by atoms with Gasteiger partial charge in [0.15, 0.2) is 5.82 Å². The molecule has 1 aliphatic rings. The first-order chi connectivity index (χ1) is 13.0. The van der Waals surface area contributed by atoms with Crippen LogP contribution in [0, 0.1) is 12.8 Å². The van der Waals surface area contributed by atoms with Gasteiger partial charge < -0.3 is 19.7 Å². The Labute approximate surface area is 156 Å². The lowest BCUT2D eigenvalue weighted by Gasteiger charge is -2.11. The fourth-order valence-electron chi connectivity index (χ4n) is 3.34. The average molecular weight is 372 g/mol. The van der Waals surface area contributed by atoms with Gasteiger partial charge in [-0.2, -0.15) is 0 Å². The van der Waals surface area contributed by atoms with Gasteiger partial charge in [0.2, 0.25) is 5.91 Å². The summed E-state index contributed by atoms with van der Waals surface area (Å²) in [6, 6.07) is 4.34. The largest absolute Gasteiger partial charge is 0.360 e. The first-order valence-corrected chi connectivity index (χ1v) is 9.23. The first-order valence-electron chi connectivity index (χ1n) is 9.23. The Bertz CT molecular complexity index is 865. The third-order valence-electron chi connectivity index (χ3n) is 4.77. The van der Waals surface area contributed by atoms with Crippen molar-refractivity contribution in [2.24, 2.45) is 5.92 Å². The van der Waals surface area contributed by atoms with Gasteiger partial charge in [-0.3, -0.25) is 14.4 Å². The average Bonchev–Trinajstić information content (AvgIpc) is 3.28. The molecule has 0 unspecified atom stereocenters. The van der Waals surface area contributed by atoms with Crippen LogP contribution in [0.4, 0.5) is 5.82 Å². The van der Waals surface area contributed by atoms with E-state index in [1.807, 2.05) is 0 Å². The first kappa shape index (κ1) is 18.9. The summed E-state index contributed by atoms with van der Waals surface area (Å²) in [6.45, 7) is 2.12. The lowest BCUT2D eigenvalue weighted by Crippen LogP contribution is -2.30. The van der Waals surface area contributed by atoms with Crippen molar-refractivity contribution in [1.82, 2.24) is 15.0 Å². The molecule has 27 heavy (non-hydrogen) atoms. The molecule has 2 aromatic rings. The second-order valence-electron chi connectivity index (χ2n) is 6.95. The normalized spacial score (nSPS) is 14.3. The molecule has 2 heterocycles. The molecule has 0 aromatic carbocycles. The molecule has 8 nitrogen and oxygen atoms in total. The summed E-state index contributed by atoms with van der Waals surface area (Å²) in [5.74, 6) is 0.881. The van der Waals surface area contributed by atoms with Crippen molar-refractivity contribution in [2.45, 2.75) is 45.6 Å². The van der Waals surface area contributed by atoms with Crippen LogP contribution >= 0.6 is 0 Å². The molecule has 1 aliphatic carbocycles. The third kappa shape index (κ3) is 5.29. The lowest BCUT2D eigenvalue weighted by molar-refractivity contribution is -0.116. The molecule has 2 N–H and O–H groups in total. The van der Waals surface area contributed by atoms with E-state index in [0.717, 1.165) is 6.42 Å². The van der Waals surface area contributed by atoms with E-state index < -0.39 is 5.91 Å². The summed E-state index contributed by atoms with van der Waals surface area (Å²) in [4.78, 5) is 36.4. The molecule has 8 heteroatoms.